The number of rotatable bonds is 5. The van der Waals surface area contributed by atoms with Crippen molar-refractivity contribution in [3.63, 3.8) is 0 Å². The highest BCUT2D eigenvalue weighted by atomic mass is 19.1. The van der Waals surface area contributed by atoms with Gasteiger partial charge in [0.05, 0.1) is 12.1 Å². The number of ether oxygens (including phenoxy) is 2. The van der Waals surface area contributed by atoms with E-state index in [9.17, 15) is 14.3 Å². The van der Waals surface area contributed by atoms with Crippen molar-refractivity contribution in [3.05, 3.63) is 59.4 Å². The highest BCUT2D eigenvalue weighted by Crippen LogP contribution is 2.39. The summed E-state index contributed by atoms with van der Waals surface area (Å²) in [5.74, 6) is 0.979. The molecule has 2 heterocycles. The first-order chi connectivity index (χ1) is 13.5. The molecule has 0 radical (unpaired) electrons. The minimum atomic E-state index is -0.929. The second-order valence-electron chi connectivity index (χ2n) is 7.28. The number of halogens is 1. The Labute approximate surface area is 162 Å². The van der Waals surface area contributed by atoms with E-state index in [2.05, 4.69) is 5.32 Å². The first-order valence-electron chi connectivity index (χ1n) is 9.38. The Morgan fingerprint density at radius 3 is 2.57 bits per heavy atom. The summed E-state index contributed by atoms with van der Waals surface area (Å²) in [5.41, 5.74) is 0.741. The molecule has 2 N–H and O–H groups in total. The first-order valence-corrected chi connectivity index (χ1v) is 9.38. The number of amides is 1. The molecule has 7 heteroatoms. The maximum atomic E-state index is 12.9. The first kappa shape index (κ1) is 18.7. The summed E-state index contributed by atoms with van der Waals surface area (Å²) in [6.07, 6.45) is 1.08. The van der Waals surface area contributed by atoms with E-state index < -0.39 is 5.60 Å². The van der Waals surface area contributed by atoms with Gasteiger partial charge in [-0.2, -0.15) is 0 Å². The van der Waals surface area contributed by atoms with Crippen LogP contribution >= 0.6 is 0 Å². The van der Waals surface area contributed by atoms with E-state index >= 15 is 0 Å². The molecule has 2 aromatic rings. The highest BCUT2D eigenvalue weighted by molar-refractivity contribution is 5.78. The third-order valence-electron chi connectivity index (χ3n) is 5.36. The lowest BCUT2D eigenvalue weighted by molar-refractivity contribution is -0.123. The standard InChI is InChI=1S/C21H23FN2O4/c22-17-4-1-15(2-5-17)12-23-20(25)13-24-9-7-21(26,8-10-24)16-3-6-18-19(11-16)28-14-27-18/h1-6,11,26H,7-10,12-14H2,(H,23,25). The van der Waals surface area contributed by atoms with Crippen LogP contribution in [0.15, 0.2) is 42.5 Å². The lowest BCUT2D eigenvalue weighted by Gasteiger charge is -2.38. The maximum Gasteiger partial charge on any atom is 0.234 e. The van der Waals surface area contributed by atoms with Crippen LogP contribution in [-0.2, 0) is 16.9 Å². The molecular formula is C21H23FN2O4. The van der Waals surface area contributed by atoms with Gasteiger partial charge in [-0.15, -0.1) is 0 Å². The Bertz CT molecular complexity index is 848. The predicted molar refractivity (Wildman–Crippen MR) is 100 cm³/mol. The van der Waals surface area contributed by atoms with Gasteiger partial charge in [0, 0.05) is 19.6 Å². The van der Waals surface area contributed by atoms with Crippen LogP contribution in [0, 0.1) is 5.82 Å². The molecule has 28 heavy (non-hydrogen) atoms. The molecule has 0 spiro atoms. The zero-order valence-electron chi connectivity index (χ0n) is 15.5. The molecule has 2 aromatic carbocycles. The molecule has 2 aliphatic rings. The highest BCUT2D eigenvalue weighted by Gasteiger charge is 2.35. The number of carbonyl (C=O) groups excluding carboxylic acids is 1. The number of nitrogens with one attached hydrogen (secondary N) is 1. The van der Waals surface area contributed by atoms with Gasteiger partial charge in [0.2, 0.25) is 12.7 Å². The topological polar surface area (TPSA) is 71.0 Å². The van der Waals surface area contributed by atoms with Gasteiger partial charge in [0.1, 0.15) is 5.82 Å². The summed E-state index contributed by atoms with van der Waals surface area (Å²) in [7, 11) is 0. The SMILES string of the molecule is O=C(CN1CCC(O)(c2ccc3c(c2)OCO3)CC1)NCc1ccc(F)cc1. The average molecular weight is 386 g/mol. The zero-order valence-corrected chi connectivity index (χ0v) is 15.5. The molecule has 0 aliphatic carbocycles. The van der Waals surface area contributed by atoms with Crippen LogP contribution in [0.5, 0.6) is 11.5 Å². The van der Waals surface area contributed by atoms with Gasteiger partial charge in [-0.1, -0.05) is 18.2 Å². The van der Waals surface area contributed by atoms with Gasteiger partial charge >= 0.3 is 0 Å². The van der Waals surface area contributed by atoms with Crippen LogP contribution in [0.4, 0.5) is 4.39 Å². The minimum absolute atomic E-state index is 0.0853. The number of benzene rings is 2. The number of likely N-dealkylation sites (tertiary alicyclic amines) is 1. The van der Waals surface area contributed by atoms with Crippen molar-refractivity contribution in [1.82, 2.24) is 10.2 Å². The summed E-state index contributed by atoms with van der Waals surface area (Å²) in [6.45, 7) is 2.09. The molecule has 0 aromatic heterocycles. The average Bonchev–Trinajstić information content (AvgIpc) is 3.17. The van der Waals surface area contributed by atoms with Crippen molar-refractivity contribution >= 4 is 5.91 Å². The Morgan fingerprint density at radius 1 is 1.11 bits per heavy atom. The molecule has 1 fully saturated rings. The number of aliphatic hydroxyl groups is 1. The van der Waals surface area contributed by atoms with E-state index in [-0.39, 0.29) is 25.1 Å². The Morgan fingerprint density at radius 2 is 1.82 bits per heavy atom. The molecule has 0 bridgehead atoms. The summed E-state index contributed by atoms with van der Waals surface area (Å²) in [5, 5.41) is 13.9. The van der Waals surface area contributed by atoms with E-state index in [4.69, 9.17) is 9.47 Å². The normalized spacial score (nSPS) is 18.1. The van der Waals surface area contributed by atoms with E-state index in [1.807, 2.05) is 23.1 Å². The smallest absolute Gasteiger partial charge is 0.234 e. The van der Waals surface area contributed by atoms with Crippen molar-refractivity contribution in [1.29, 1.82) is 0 Å². The number of hydrogen-bond acceptors (Lipinski definition) is 5. The lowest BCUT2D eigenvalue weighted by Crippen LogP contribution is -2.46. The number of carbonyl (C=O) groups is 1. The minimum Gasteiger partial charge on any atom is -0.454 e. The quantitative estimate of drug-likeness (QED) is 0.824. The van der Waals surface area contributed by atoms with E-state index in [0.717, 1.165) is 11.1 Å². The number of nitrogens with zero attached hydrogens (tertiary/aromatic N) is 1. The van der Waals surface area contributed by atoms with E-state index in [1.165, 1.54) is 12.1 Å². The number of fused-ring (bicyclic) bond motifs is 1. The third-order valence-corrected chi connectivity index (χ3v) is 5.36. The van der Waals surface area contributed by atoms with Crippen molar-refractivity contribution in [2.24, 2.45) is 0 Å². The Hall–Kier alpha value is -2.64. The van der Waals surface area contributed by atoms with Gasteiger partial charge < -0.3 is 19.9 Å². The van der Waals surface area contributed by atoms with Crippen LogP contribution in [0.1, 0.15) is 24.0 Å². The molecule has 148 valence electrons. The lowest BCUT2D eigenvalue weighted by atomic mass is 9.84. The van der Waals surface area contributed by atoms with Crippen LogP contribution < -0.4 is 14.8 Å². The second-order valence-corrected chi connectivity index (χ2v) is 7.28. The van der Waals surface area contributed by atoms with Crippen LogP contribution in [0.3, 0.4) is 0 Å². The Kier molecular flexibility index (Phi) is 5.19. The maximum absolute atomic E-state index is 12.9. The van der Waals surface area contributed by atoms with Crippen LogP contribution in [0.2, 0.25) is 0 Å². The summed E-state index contributed by atoms with van der Waals surface area (Å²) in [6, 6.07) is 11.6. The summed E-state index contributed by atoms with van der Waals surface area (Å²) >= 11 is 0. The fourth-order valence-corrected chi connectivity index (χ4v) is 3.62. The number of piperidine rings is 1. The van der Waals surface area contributed by atoms with E-state index in [1.54, 1.807) is 12.1 Å². The van der Waals surface area contributed by atoms with Crippen molar-refractivity contribution < 1.29 is 23.8 Å². The van der Waals surface area contributed by atoms with Crippen molar-refractivity contribution in [2.45, 2.75) is 25.0 Å². The summed E-state index contributed by atoms with van der Waals surface area (Å²) in [4.78, 5) is 14.2. The number of hydrogen-bond donors (Lipinski definition) is 2. The Balaban J connectivity index is 1.27. The molecule has 0 atom stereocenters. The fourth-order valence-electron chi connectivity index (χ4n) is 3.62. The fraction of sp³-hybridized carbons (Fsp3) is 0.381. The molecular weight excluding hydrogens is 363 g/mol. The molecule has 6 nitrogen and oxygen atoms in total. The summed E-state index contributed by atoms with van der Waals surface area (Å²) < 4.78 is 23.6. The third kappa shape index (κ3) is 4.10. The van der Waals surface area contributed by atoms with Gasteiger partial charge in [-0.05, 0) is 48.2 Å². The van der Waals surface area contributed by atoms with Gasteiger partial charge in [0.15, 0.2) is 11.5 Å². The molecule has 2 aliphatic heterocycles. The van der Waals surface area contributed by atoms with Gasteiger partial charge in [0.25, 0.3) is 0 Å². The zero-order chi connectivity index (χ0) is 19.6. The molecule has 0 unspecified atom stereocenters. The molecule has 1 saturated heterocycles. The van der Waals surface area contributed by atoms with Crippen molar-refractivity contribution in [2.75, 3.05) is 26.4 Å². The van der Waals surface area contributed by atoms with E-state index in [0.29, 0.717) is 44.0 Å². The van der Waals surface area contributed by atoms with Crippen molar-refractivity contribution in [3.8, 4) is 11.5 Å². The van der Waals surface area contributed by atoms with Crippen LogP contribution in [0.25, 0.3) is 0 Å². The predicted octanol–water partition coefficient (Wildman–Crippen LogP) is 2.15. The largest absolute Gasteiger partial charge is 0.454 e. The van der Waals surface area contributed by atoms with Gasteiger partial charge in [-0.25, -0.2) is 4.39 Å². The van der Waals surface area contributed by atoms with Gasteiger partial charge in [-0.3, -0.25) is 9.69 Å². The molecule has 4 rings (SSSR count). The molecule has 1 amide bonds. The monoisotopic (exact) mass is 386 g/mol. The second kappa shape index (κ2) is 7.77. The molecule has 0 saturated carbocycles. The van der Waals surface area contributed by atoms with Crippen LogP contribution in [-0.4, -0.2) is 42.3 Å².